The summed E-state index contributed by atoms with van der Waals surface area (Å²) < 4.78 is 71.0. The van der Waals surface area contributed by atoms with Crippen LogP contribution in [0.4, 0.5) is 26.3 Å². The number of halogens is 6. The number of carboxylic acid groups (broad SMARTS) is 2. The number of nitrogens with zero attached hydrogens (tertiary/aromatic N) is 4. The lowest BCUT2D eigenvalue weighted by molar-refractivity contribution is -0.193. The standard InChI is InChI=1S/C10H13N5O.2C2HF3O2/c1-10(4-11-5-10)9-14-13-8(16-9)7-3-15(2)6-12-7;2*3-2(4,5)1(6)7/h3,6,11H,4-5H2,1-2H3;2*(H,6,7). The van der Waals surface area contributed by atoms with Crippen LogP contribution in [0.2, 0.25) is 0 Å². The summed E-state index contributed by atoms with van der Waals surface area (Å²) in [4.78, 5) is 22.0. The number of imidazole rings is 1. The summed E-state index contributed by atoms with van der Waals surface area (Å²) in [5.74, 6) is -4.34. The van der Waals surface area contributed by atoms with Gasteiger partial charge in [-0.25, -0.2) is 14.6 Å². The number of carbonyl (C=O) groups is 2. The second-order valence-corrected chi connectivity index (χ2v) is 6.11. The second-order valence-electron chi connectivity index (χ2n) is 6.11. The van der Waals surface area contributed by atoms with Gasteiger partial charge in [0.15, 0.2) is 0 Å². The van der Waals surface area contributed by atoms with E-state index < -0.39 is 24.3 Å². The average Bonchev–Trinajstić information content (AvgIpc) is 3.21. The Balaban J connectivity index is 0.000000271. The Kier molecular flexibility index (Phi) is 7.54. The number of hydrogen-bond acceptors (Lipinski definition) is 7. The van der Waals surface area contributed by atoms with Crippen molar-refractivity contribution in [1.29, 1.82) is 0 Å². The van der Waals surface area contributed by atoms with Crippen molar-refractivity contribution in [3.8, 4) is 11.6 Å². The number of hydrogen-bond donors (Lipinski definition) is 3. The molecule has 2 aromatic heterocycles. The molecule has 0 spiro atoms. The summed E-state index contributed by atoms with van der Waals surface area (Å²) in [6.07, 6.45) is -6.59. The predicted octanol–water partition coefficient (Wildman–Crippen LogP) is 1.60. The molecule has 0 bridgehead atoms. The lowest BCUT2D eigenvalue weighted by Gasteiger charge is -2.35. The zero-order valence-electron chi connectivity index (χ0n) is 15.2. The molecule has 2 aromatic rings. The molecular formula is C14H15F6N5O5. The molecule has 10 nitrogen and oxygen atoms in total. The monoisotopic (exact) mass is 447 g/mol. The van der Waals surface area contributed by atoms with E-state index in [1.807, 2.05) is 17.8 Å². The maximum absolute atomic E-state index is 10.6. The van der Waals surface area contributed by atoms with Gasteiger partial charge in [0.25, 0.3) is 5.89 Å². The van der Waals surface area contributed by atoms with Crippen LogP contribution >= 0.6 is 0 Å². The highest BCUT2D eigenvalue weighted by molar-refractivity contribution is 5.73. The molecule has 16 heteroatoms. The van der Waals surface area contributed by atoms with Crippen molar-refractivity contribution in [1.82, 2.24) is 25.1 Å². The molecule has 1 fully saturated rings. The summed E-state index contributed by atoms with van der Waals surface area (Å²) in [6, 6.07) is 0. The molecule has 30 heavy (non-hydrogen) atoms. The van der Waals surface area contributed by atoms with Gasteiger partial charge in [0, 0.05) is 26.3 Å². The molecule has 0 aromatic carbocycles. The fourth-order valence-electron chi connectivity index (χ4n) is 1.75. The van der Waals surface area contributed by atoms with Crippen LogP contribution < -0.4 is 5.32 Å². The minimum Gasteiger partial charge on any atom is -0.475 e. The zero-order valence-corrected chi connectivity index (χ0v) is 15.2. The summed E-state index contributed by atoms with van der Waals surface area (Å²) in [5.41, 5.74) is 0.706. The normalized spacial score (nSPS) is 15.1. The maximum atomic E-state index is 10.6. The van der Waals surface area contributed by atoms with E-state index in [2.05, 4.69) is 27.4 Å². The SMILES string of the molecule is Cn1cnc(-c2nnc(C3(C)CNC3)o2)c1.O=C(O)C(F)(F)F.O=C(O)C(F)(F)F. The highest BCUT2D eigenvalue weighted by Crippen LogP contribution is 2.28. The average molecular weight is 447 g/mol. The van der Waals surface area contributed by atoms with E-state index in [0.29, 0.717) is 11.8 Å². The van der Waals surface area contributed by atoms with E-state index in [1.54, 1.807) is 6.33 Å². The van der Waals surface area contributed by atoms with Gasteiger partial charge in [0.2, 0.25) is 5.89 Å². The van der Waals surface area contributed by atoms with Crippen LogP contribution in [0.1, 0.15) is 12.8 Å². The van der Waals surface area contributed by atoms with Crippen molar-refractivity contribution >= 4 is 11.9 Å². The topological polar surface area (TPSA) is 143 Å². The fourth-order valence-corrected chi connectivity index (χ4v) is 1.75. The number of carboxylic acids is 2. The summed E-state index contributed by atoms with van der Waals surface area (Å²) >= 11 is 0. The molecule has 168 valence electrons. The third-order valence-electron chi connectivity index (χ3n) is 3.38. The van der Waals surface area contributed by atoms with E-state index in [9.17, 15) is 26.3 Å². The molecule has 0 unspecified atom stereocenters. The Labute approximate surface area is 163 Å². The number of aryl methyl sites for hydroxylation is 1. The fraction of sp³-hybridized carbons (Fsp3) is 0.500. The van der Waals surface area contributed by atoms with Crippen LogP contribution in [0.3, 0.4) is 0 Å². The first-order chi connectivity index (χ1) is 13.6. The quantitative estimate of drug-likeness (QED) is 0.585. The van der Waals surface area contributed by atoms with Crippen molar-refractivity contribution in [3.63, 3.8) is 0 Å². The van der Waals surface area contributed by atoms with E-state index >= 15 is 0 Å². The number of alkyl halides is 6. The molecule has 0 amide bonds. The van der Waals surface area contributed by atoms with E-state index in [-0.39, 0.29) is 5.41 Å². The van der Waals surface area contributed by atoms with E-state index in [0.717, 1.165) is 18.8 Å². The molecule has 0 aliphatic carbocycles. The predicted molar refractivity (Wildman–Crippen MR) is 84.1 cm³/mol. The highest BCUT2D eigenvalue weighted by atomic mass is 19.4. The maximum Gasteiger partial charge on any atom is 0.490 e. The molecule has 0 atom stereocenters. The van der Waals surface area contributed by atoms with Crippen molar-refractivity contribution in [2.24, 2.45) is 7.05 Å². The number of nitrogens with one attached hydrogen (secondary N) is 1. The van der Waals surface area contributed by atoms with Crippen LogP contribution in [-0.4, -0.2) is 67.3 Å². The lowest BCUT2D eigenvalue weighted by atomic mass is 9.84. The van der Waals surface area contributed by atoms with Gasteiger partial charge in [-0.05, 0) is 6.92 Å². The van der Waals surface area contributed by atoms with Gasteiger partial charge >= 0.3 is 24.3 Å². The van der Waals surface area contributed by atoms with Crippen LogP contribution in [0.5, 0.6) is 0 Å². The van der Waals surface area contributed by atoms with Crippen LogP contribution in [0, 0.1) is 0 Å². The van der Waals surface area contributed by atoms with Crippen molar-refractivity contribution < 1.29 is 50.6 Å². The van der Waals surface area contributed by atoms with E-state index in [1.165, 1.54) is 0 Å². The van der Waals surface area contributed by atoms with Gasteiger partial charge in [-0.1, -0.05) is 0 Å². The van der Waals surface area contributed by atoms with Gasteiger partial charge in [-0.3, -0.25) is 0 Å². The van der Waals surface area contributed by atoms with Crippen molar-refractivity contribution in [3.05, 3.63) is 18.4 Å². The molecule has 1 aliphatic rings. The van der Waals surface area contributed by atoms with Gasteiger partial charge in [-0.15, -0.1) is 10.2 Å². The van der Waals surface area contributed by atoms with Crippen LogP contribution in [-0.2, 0) is 22.1 Å². The Hall–Kier alpha value is -3.17. The van der Waals surface area contributed by atoms with Crippen LogP contribution in [0.15, 0.2) is 16.9 Å². The molecule has 0 radical (unpaired) electrons. The molecule has 1 saturated heterocycles. The summed E-state index contributed by atoms with van der Waals surface area (Å²) in [6.45, 7) is 3.88. The first-order valence-corrected chi connectivity index (χ1v) is 7.69. The molecule has 3 heterocycles. The number of aromatic nitrogens is 4. The molecule has 0 saturated carbocycles. The molecular weight excluding hydrogens is 432 g/mol. The van der Waals surface area contributed by atoms with Gasteiger partial charge < -0.3 is 24.5 Å². The summed E-state index contributed by atoms with van der Waals surface area (Å²) in [7, 11) is 1.91. The van der Waals surface area contributed by atoms with Gasteiger partial charge in [-0.2, -0.15) is 26.3 Å². The zero-order chi connectivity index (χ0) is 23.3. The number of aliphatic carboxylic acids is 2. The largest absolute Gasteiger partial charge is 0.490 e. The Morgan fingerprint density at radius 2 is 1.57 bits per heavy atom. The van der Waals surface area contributed by atoms with Gasteiger partial charge in [0.1, 0.15) is 5.69 Å². The lowest BCUT2D eigenvalue weighted by Crippen LogP contribution is -2.54. The molecule has 3 N–H and O–H groups in total. The smallest absolute Gasteiger partial charge is 0.475 e. The van der Waals surface area contributed by atoms with Crippen LogP contribution in [0.25, 0.3) is 11.6 Å². The van der Waals surface area contributed by atoms with Gasteiger partial charge in [0.05, 0.1) is 11.7 Å². The van der Waals surface area contributed by atoms with E-state index in [4.69, 9.17) is 24.2 Å². The number of rotatable bonds is 2. The first-order valence-electron chi connectivity index (χ1n) is 7.69. The minimum absolute atomic E-state index is 0.0139. The Morgan fingerprint density at radius 1 is 1.10 bits per heavy atom. The Morgan fingerprint density at radius 3 is 1.87 bits per heavy atom. The summed E-state index contributed by atoms with van der Waals surface area (Å²) in [5, 5.41) is 25.6. The minimum atomic E-state index is -5.08. The van der Waals surface area contributed by atoms with Crippen molar-refractivity contribution in [2.45, 2.75) is 24.7 Å². The third kappa shape index (κ3) is 7.02. The Bertz CT molecular complexity index is 847. The highest BCUT2D eigenvalue weighted by Gasteiger charge is 2.39. The van der Waals surface area contributed by atoms with Crippen molar-refractivity contribution in [2.75, 3.05) is 13.1 Å². The third-order valence-corrected chi connectivity index (χ3v) is 3.38. The first kappa shape index (κ1) is 24.9. The second kappa shape index (κ2) is 9.10. The molecule has 3 rings (SSSR count). The molecule has 1 aliphatic heterocycles.